The zero-order valence-electron chi connectivity index (χ0n) is 15.7. The maximum absolute atomic E-state index is 12.6. The average Bonchev–Trinajstić information content (AvgIpc) is 3.03. The second-order valence-electron chi connectivity index (χ2n) is 6.62. The summed E-state index contributed by atoms with van der Waals surface area (Å²) in [5.41, 5.74) is 6.84. The second-order valence-corrected chi connectivity index (χ2v) is 6.62. The number of nitrogens with one attached hydrogen (secondary N) is 1. The summed E-state index contributed by atoms with van der Waals surface area (Å²) < 4.78 is 39.3. The summed E-state index contributed by atoms with van der Waals surface area (Å²) in [6.07, 6.45) is -3.84. The molecule has 0 aliphatic carbocycles. The van der Waals surface area contributed by atoms with Crippen molar-refractivity contribution in [2.75, 3.05) is 25.1 Å². The number of aromatic nitrogens is 3. The van der Waals surface area contributed by atoms with Crippen molar-refractivity contribution in [2.45, 2.75) is 12.7 Å². The molecule has 3 N–H and O–H groups in total. The average molecular weight is 404 g/mol. The number of hydrogen-bond donors (Lipinski definition) is 2. The van der Waals surface area contributed by atoms with Crippen LogP contribution in [0.2, 0.25) is 0 Å². The Morgan fingerprint density at radius 3 is 2.55 bits per heavy atom. The van der Waals surface area contributed by atoms with Crippen LogP contribution in [0.1, 0.15) is 21.6 Å². The lowest BCUT2D eigenvalue weighted by molar-refractivity contribution is -0.137. The highest BCUT2D eigenvalue weighted by Gasteiger charge is 2.30. The minimum Gasteiger partial charge on any atom is -0.384 e. The Morgan fingerprint density at radius 2 is 1.93 bits per heavy atom. The lowest BCUT2D eigenvalue weighted by Crippen LogP contribution is -2.16. The van der Waals surface area contributed by atoms with Crippen molar-refractivity contribution < 1.29 is 18.0 Å². The number of nitrogens with zero attached hydrogens (tertiary/aromatic N) is 4. The van der Waals surface area contributed by atoms with Crippen LogP contribution in [0.5, 0.6) is 0 Å². The molecule has 29 heavy (non-hydrogen) atoms. The number of rotatable bonds is 5. The van der Waals surface area contributed by atoms with Gasteiger partial charge in [0.25, 0.3) is 5.91 Å². The number of para-hydroxylation sites is 1. The number of benzene rings is 1. The summed E-state index contributed by atoms with van der Waals surface area (Å²) in [7, 11) is 3.86. The van der Waals surface area contributed by atoms with Crippen LogP contribution in [-0.2, 0) is 12.7 Å². The Morgan fingerprint density at radius 1 is 1.21 bits per heavy atom. The van der Waals surface area contributed by atoms with Gasteiger partial charge in [0.1, 0.15) is 11.6 Å². The van der Waals surface area contributed by atoms with Gasteiger partial charge in [-0.1, -0.05) is 18.2 Å². The third kappa shape index (κ3) is 4.72. The van der Waals surface area contributed by atoms with Crippen LogP contribution in [0.3, 0.4) is 0 Å². The van der Waals surface area contributed by atoms with E-state index in [1.165, 1.54) is 10.7 Å². The van der Waals surface area contributed by atoms with Crippen LogP contribution < -0.4 is 11.1 Å². The summed E-state index contributed by atoms with van der Waals surface area (Å²) in [6.45, 7) is 0.645. The van der Waals surface area contributed by atoms with E-state index in [-0.39, 0.29) is 17.3 Å². The molecule has 1 aromatic carbocycles. The van der Waals surface area contributed by atoms with Crippen LogP contribution in [-0.4, -0.2) is 39.7 Å². The van der Waals surface area contributed by atoms with E-state index in [2.05, 4.69) is 15.4 Å². The van der Waals surface area contributed by atoms with E-state index < -0.39 is 17.6 Å². The molecule has 3 rings (SSSR count). The highest BCUT2D eigenvalue weighted by molar-refractivity contribution is 6.02. The van der Waals surface area contributed by atoms with Gasteiger partial charge in [0, 0.05) is 18.8 Å². The van der Waals surface area contributed by atoms with E-state index in [1.54, 1.807) is 0 Å². The van der Waals surface area contributed by atoms with Crippen LogP contribution in [0.4, 0.5) is 24.8 Å². The van der Waals surface area contributed by atoms with Crippen LogP contribution in [0, 0.1) is 0 Å². The molecule has 2 heterocycles. The minimum atomic E-state index is -4.50. The molecule has 10 heteroatoms. The molecule has 1 amide bonds. The largest absolute Gasteiger partial charge is 0.417 e. The molecule has 0 fully saturated rings. The van der Waals surface area contributed by atoms with Crippen LogP contribution >= 0.6 is 0 Å². The molecule has 3 aromatic rings. The maximum atomic E-state index is 12.6. The normalized spacial score (nSPS) is 11.7. The molecule has 0 radical (unpaired) electrons. The minimum absolute atomic E-state index is 0.0175. The quantitative estimate of drug-likeness (QED) is 0.682. The number of hydrogen-bond acceptors (Lipinski definition) is 5. The molecule has 0 saturated heterocycles. The van der Waals surface area contributed by atoms with Crippen LogP contribution in [0.15, 0.2) is 48.7 Å². The number of anilines is 2. The van der Waals surface area contributed by atoms with Gasteiger partial charge < -0.3 is 16.0 Å². The first-order valence-electron chi connectivity index (χ1n) is 8.58. The van der Waals surface area contributed by atoms with Gasteiger partial charge in [0.15, 0.2) is 5.69 Å². The Bertz CT molecular complexity index is 1010. The molecule has 0 atom stereocenters. The molecule has 152 valence electrons. The summed E-state index contributed by atoms with van der Waals surface area (Å²) in [5.74, 6) is -0.404. The van der Waals surface area contributed by atoms with Crippen molar-refractivity contribution in [1.29, 1.82) is 0 Å². The van der Waals surface area contributed by atoms with Gasteiger partial charge in [0.2, 0.25) is 0 Å². The van der Waals surface area contributed by atoms with E-state index in [0.717, 1.165) is 23.4 Å². The van der Waals surface area contributed by atoms with E-state index in [9.17, 15) is 18.0 Å². The third-order valence-corrected chi connectivity index (χ3v) is 4.01. The predicted molar refractivity (Wildman–Crippen MR) is 103 cm³/mol. The molecule has 7 nitrogen and oxygen atoms in total. The second kappa shape index (κ2) is 7.92. The Hall–Kier alpha value is -3.40. The fourth-order valence-corrected chi connectivity index (χ4v) is 2.71. The Labute approximate surface area is 165 Å². The Kier molecular flexibility index (Phi) is 5.55. The van der Waals surface area contributed by atoms with Crippen molar-refractivity contribution >= 4 is 17.5 Å². The molecular formula is C19H19F3N6O. The third-order valence-electron chi connectivity index (χ3n) is 4.01. The molecule has 2 aromatic heterocycles. The molecule has 0 aliphatic heterocycles. The lowest BCUT2D eigenvalue weighted by Gasteiger charge is -2.14. The molecule has 0 unspecified atom stereocenters. The summed E-state index contributed by atoms with van der Waals surface area (Å²) in [4.78, 5) is 18.1. The molecular weight excluding hydrogens is 385 g/mol. The van der Waals surface area contributed by atoms with Gasteiger partial charge >= 0.3 is 6.18 Å². The lowest BCUT2D eigenvalue weighted by atomic mass is 10.1. The van der Waals surface area contributed by atoms with E-state index in [4.69, 9.17) is 5.73 Å². The van der Waals surface area contributed by atoms with Crippen LogP contribution in [0.25, 0.3) is 5.69 Å². The van der Waals surface area contributed by atoms with E-state index in [0.29, 0.717) is 12.7 Å². The molecule has 0 spiro atoms. The number of carbonyl (C=O) groups excluding carboxylic acids is 1. The standard InChI is InChI=1S/C19H19F3N6O/c1-27(2)11-12-5-3-4-6-15(12)28-16(23)9-14(26-28)18(29)25-17-8-7-13(10-24-17)19(20,21)22/h3-10H,11,23H2,1-2H3,(H,24,25,29). The van der Waals surface area contributed by atoms with Gasteiger partial charge in [0.05, 0.1) is 11.3 Å². The fourth-order valence-electron chi connectivity index (χ4n) is 2.71. The number of nitrogens with two attached hydrogens (primary N) is 1. The SMILES string of the molecule is CN(C)Cc1ccccc1-n1nc(C(=O)Nc2ccc(C(F)(F)F)cn2)cc1N. The predicted octanol–water partition coefficient (Wildman–Crippen LogP) is 3.18. The summed E-state index contributed by atoms with van der Waals surface area (Å²) in [5, 5.41) is 6.67. The zero-order valence-corrected chi connectivity index (χ0v) is 15.7. The topological polar surface area (TPSA) is 89.1 Å². The van der Waals surface area contributed by atoms with Gasteiger partial charge in [-0.25, -0.2) is 9.67 Å². The number of amides is 1. The molecule has 0 bridgehead atoms. The highest BCUT2D eigenvalue weighted by Crippen LogP contribution is 2.29. The van der Waals surface area contributed by atoms with Crippen molar-refractivity contribution in [3.63, 3.8) is 0 Å². The fraction of sp³-hybridized carbons (Fsp3) is 0.211. The van der Waals surface area contributed by atoms with Crippen molar-refractivity contribution in [3.05, 3.63) is 65.5 Å². The monoisotopic (exact) mass is 404 g/mol. The summed E-state index contributed by atoms with van der Waals surface area (Å²) >= 11 is 0. The zero-order chi connectivity index (χ0) is 21.2. The van der Waals surface area contributed by atoms with Crippen molar-refractivity contribution in [1.82, 2.24) is 19.7 Å². The molecule has 0 aliphatic rings. The van der Waals surface area contributed by atoms with E-state index >= 15 is 0 Å². The van der Waals surface area contributed by atoms with E-state index in [1.807, 2.05) is 43.3 Å². The van der Waals surface area contributed by atoms with Gasteiger partial charge in [-0.3, -0.25) is 4.79 Å². The van der Waals surface area contributed by atoms with Crippen molar-refractivity contribution in [2.24, 2.45) is 0 Å². The number of nitrogen functional groups attached to an aromatic ring is 1. The number of alkyl halides is 3. The van der Waals surface area contributed by atoms with Gasteiger partial charge in [-0.2, -0.15) is 18.3 Å². The van der Waals surface area contributed by atoms with Gasteiger partial charge in [-0.05, 0) is 37.9 Å². The van der Waals surface area contributed by atoms with Gasteiger partial charge in [-0.15, -0.1) is 0 Å². The highest BCUT2D eigenvalue weighted by atomic mass is 19.4. The van der Waals surface area contributed by atoms with Crippen molar-refractivity contribution in [3.8, 4) is 5.69 Å². The maximum Gasteiger partial charge on any atom is 0.417 e. The number of halogens is 3. The smallest absolute Gasteiger partial charge is 0.384 e. The molecule has 0 saturated carbocycles. The first-order valence-corrected chi connectivity index (χ1v) is 8.58. The number of carbonyl (C=O) groups is 1. The Balaban J connectivity index is 1.83. The first kappa shape index (κ1) is 20.3. The first-order chi connectivity index (χ1) is 13.6. The number of pyridine rings is 1. The summed E-state index contributed by atoms with van der Waals surface area (Å²) in [6, 6.07) is 10.8.